The van der Waals surface area contributed by atoms with Crippen LogP contribution in [0.1, 0.15) is 31.2 Å². The summed E-state index contributed by atoms with van der Waals surface area (Å²) in [6.07, 6.45) is 4.23. The SMILES string of the molecule is O=C(CCc1ccccc1Cl)N1CCN(C(=O)CCN2CCCC2)CC1. The Morgan fingerprint density at radius 2 is 1.42 bits per heavy atom. The highest BCUT2D eigenvalue weighted by atomic mass is 35.5. The number of nitrogens with zero attached hydrogens (tertiary/aromatic N) is 3. The van der Waals surface area contributed by atoms with Crippen LogP contribution in [0.15, 0.2) is 24.3 Å². The van der Waals surface area contributed by atoms with Crippen LogP contribution in [0, 0.1) is 0 Å². The molecule has 2 aliphatic heterocycles. The van der Waals surface area contributed by atoms with Crippen LogP contribution in [-0.2, 0) is 16.0 Å². The predicted molar refractivity (Wildman–Crippen MR) is 103 cm³/mol. The second-order valence-electron chi connectivity index (χ2n) is 7.15. The van der Waals surface area contributed by atoms with Crippen molar-refractivity contribution >= 4 is 23.4 Å². The number of aryl methyl sites for hydroxylation is 1. The average molecular weight is 378 g/mol. The highest BCUT2D eigenvalue weighted by molar-refractivity contribution is 6.31. The highest BCUT2D eigenvalue weighted by Crippen LogP contribution is 2.17. The van der Waals surface area contributed by atoms with E-state index in [0.717, 1.165) is 25.2 Å². The number of carbonyl (C=O) groups excluding carboxylic acids is 2. The molecule has 3 rings (SSSR count). The van der Waals surface area contributed by atoms with E-state index in [4.69, 9.17) is 11.6 Å². The molecule has 2 aliphatic rings. The fourth-order valence-electron chi connectivity index (χ4n) is 3.72. The molecule has 0 N–H and O–H groups in total. The van der Waals surface area contributed by atoms with Crippen molar-refractivity contribution in [3.05, 3.63) is 34.9 Å². The van der Waals surface area contributed by atoms with Crippen molar-refractivity contribution in [1.29, 1.82) is 0 Å². The van der Waals surface area contributed by atoms with Crippen LogP contribution in [0.3, 0.4) is 0 Å². The number of rotatable bonds is 6. The zero-order valence-corrected chi connectivity index (χ0v) is 16.1. The van der Waals surface area contributed by atoms with Gasteiger partial charge in [-0.1, -0.05) is 29.8 Å². The van der Waals surface area contributed by atoms with Gasteiger partial charge in [0.25, 0.3) is 0 Å². The number of hydrogen-bond donors (Lipinski definition) is 0. The Morgan fingerprint density at radius 1 is 0.846 bits per heavy atom. The van der Waals surface area contributed by atoms with E-state index in [2.05, 4.69) is 4.90 Å². The molecule has 2 heterocycles. The van der Waals surface area contributed by atoms with Crippen molar-refractivity contribution in [2.24, 2.45) is 0 Å². The number of benzene rings is 1. The summed E-state index contributed by atoms with van der Waals surface area (Å²) in [6.45, 7) is 5.69. The van der Waals surface area contributed by atoms with Gasteiger partial charge in [0, 0.05) is 50.6 Å². The van der Waals surface area contributed by atoms with E-state index in [1.807, 2.05) is 34.1 Å². The fraction of sp³-hybridized carbons (Fsp3) is 0.600. The summed E-state index contributed by atoms with van der Waals surface area (Å²) in [5.41, 5.74) is 1.01. The summed E-state index contributed by atoms with van der Waals surface area (Å²) >= 11 is 6.15. The van der Waals surface area contributed by atoms with Crippen LogP contribution in [0.2, 0.25) is 5.02 Å². The first-order valence-electron chi connectivity index (χ1n) is 9.65. The molecule has 2 amide bonds. The molecule has 2 fully saturated rings. The smallest absolute Gasteiger partial charge is 0.223 e. The van der Waals surface area contributed by atoms with E-state index in [-0.39, 0.29) is 11.8 Å². The first kappa shape index (κ1) is 19.2. The van der Waals surface area contributed by atoms with E-state index < -0.39 is 0 Å². The van der Waals surface area contributed by atoms with Gasteiger partial charge in [0.15, 0.2) is 0 Å². The molecule has 0 aromatic heterocycles. The second kappa shape index (κ2) is 9.38. The molecule has 0 atom stereocenters. The Morgan fingerprint density at radius 3 is 2.04 bits per heavy atom. The molecule has 142 valence electrons. The van der Waals surface area contributed by atoms with Gasteiger partial charge in [-0.05, 0) is 44.0 Å². The molecule has 0 aliphatic carbocycles. The van der Waals surface area contributed by atoms with Crippen LogP contribution >= 0.6 is 11.6 Å². The molecule has 0 spiro atoms. The standard InChI is InChI=1S/C20H28ClN3O2/c21-18-6-2-1-5-17(18)7-8-19(25)23-13-15-24(16-14-23)20(26)9-12-22-10-3-4-11-22/h1-2,5-6H,3-4,7-16H2. The molecule has 1 aromatic carbocycles. The lowest BCUT2D eigenvalue weighted by Crippen LogP contribution is -2.51. The lowest BCUT2D eigenvalue weighted by Gasteiger charge is -2.35. The van der Waals surface area contributed by atoms with Crippen molar-refractivity contribution in [2.45, 2.75) is 32.1 Å². The van der Waals surface area contributed by atoms with Crippen LogP contribution in [0.5, 0.6) is 0 Å². The molecular formula is C20H28ClN3O2. The average Bonchev–Trinajstić information content (AvgIpc) is 3.19. The predicted octanol–water partition coefficient (Wildman–Crippen LogP) is 2.43. The van der Waals surface area contributed by atoms with E-state index in [1.54, 1.807) is 0 Å². The number of carbonyl (C=O) groups is 2. The maximum Gasteiger partial charge on any atom is 0.223 e. The third-order valence-corrected chi connectivity index (χ3v) is 5.76. The van der Waals surface area contributed by atoms with Crippen LogP contribution in [0.4, 0.5) is 0 Å². The zero-order valence-electron chi connectivity index (χ0n) is 15.3. The van der Waals surface area contributed by atoms with E-state index in [0.29, 0.717) is 50.5 Å². The number of piperazine rings is 1. The van der Waals surface area contributed by atoms with E-state index in [9.17, 15) is 9.59 Å². The second-order valence-corrected chi connectivity index (χ2v) is 7.56. The van der Waals surface area contributed by atoms with Crippen molar-refractivity contribution in [3.8, 4) is 0 Å². The number of likely N-dealkylation sites (tertiary alicyclic amines) is 1. The lowest BCUT2D eigenvalue weighted by atomic mass is 10.1. The summed E-state index contributed by atoms with van der Waals surface area (Å²) in [5.74, 6) is 0.370. The molecule has 5 nitrogen and oxygen atoms in total. The molecule has 26 heavy (non-hydrogen) atoms. The number of halogens is 1. The zero-order chi connectivity index (χ0) is 18.4. The van der Waals surface area contributed by atoms with Gasteiger partial charge < -0.3 is 14.7 Å². The Hall–Kier alpha value is -1.59. The molecule has 0 bridgehead atoms. The van der Waals surface area contributed by atoms with Gasteiger partial charge in [-0.25, -0.2) is 0 Å². The summed E-state index contributed by atoms with van der Waals surface area (Å²) in [6, 6.07) is 7.66. The van der Waals surface area contributed by atoms with Crippen LogP contribution < -0.4 is 0 Å². The monoisotopic (exact) mass is 377 g/mol. The molecule has 2 saturated heterocycles. The molecule has 0 unspecified atom stereocenters. The van der Waals surface area contributed by atoms with Gasteiger partial charge in [-0.3, -0.25) is 9.59 Å². The molecular weight excluding hydrogens is 350 g/mol. The normalized spacial score (nSPS) is 18.3. The van der Waals surface area contributed by atoms with Gasteiger partial charge in [0.1, 0.15) is 0 Å². The van der Waals surface area contributed by atoms with Crippen LogP contribution in [-0.4, -0.2) is 72.3 Å². The molecule has 1 aromatic rings. The first-order valence-corrected chi connectivity index (χ1v) is 10.0. The van der Waals surface area contributed by atoms with Gasteiger partial charge >= 0.3 is 0 Å². The maximum absolute atomic E-state index is 12.4. The van der Waals surface area contributed by atoms with Crippen molar-refractivity contribution in [1.82, 2.24) is 14.7 Å². The minimum Gasteiger partial charge on any atom is -0.339 e. The van der Waals surface area contributed by atoms with E-state index in [1.165, 1.54) is 12.8 Å². The number of amides is 2. The minimum atomic E-state index is 0.147. The topological polar surface area (TPSA) is 43.9 Å². The molecule has 6 heteroatoms. The first-order chi connectivity index (χ1) is 12.6. The summed E-state index contributed by atoms with van der Waals surface area (Å²) in [5, 5.41) is 0.716. The van der Waals surface area contributed by atoms with Gasteiger partial charge in [0.05, 0.1) is 0 Å². The Bertz CT molecular complexity index is 623. The number of hydrogen-bond acceptors (Lipinski definition) is 3. The summed E-state index contributed by atoms with van der Waals surface area (Å²) < 4.78 is 0. The van der Waals surface area contributed by atoms with Gasteiger partial charge in [0.2, 0.25) is 11.8 Å². The Balaban J connectivity index is 1.37. The minimum absolute atomic E-state index is 0.147. The van der Waals surface area contributed by atoms with Crippen molar-refractivity contribution in [3.63, 3.8) is 0 Å². The third kappa shape index (κ3) is 5.21. The van der Waals surface area contributed by atoms with E-state index >= 15 is 0 Å². The van der Waals surface area contributed by atoms with Crippen molar-refractivity contribution < 1.29 is 9.59 Å². The molecule has 0 radical (unpaired) electrons. The summed E-state index contributed by atoms with van der Waals surface area (Å²) in [4.78, 5) is 30.9. The largest absolute Gasteiger partial charge is 0.339 e. The summed E-state index contributed by atoms with van der Waals surface area (Å²) in [7, 11) is 0. The van der Waals surface area contributed by atoms with Crippen LogP contribution in [0.25, 0.3) is 0 Å². The molecule has 0 saturated carbocycles. The maximum atomic E-state index is 12.4. The highest BCUT2D eigenvalue weighted by Gasteiger charge is 2.24. The Kier molecular flexibility index (Phi) is 6.92. The van der Waals surface area contributed by atoms with Gasteiger partial charge in [-0.15, -0.1) is 0 Å². The lowest BCUT2D eigenvalue weighted by molar-refractivity contribution is -0.139. The Labute approximate surface area is 160 Å². The fourth-order valence-corrected chi connectivity index (χ4v) is 3.95. The van der Waals surface area contributed by atoms with Gasteiger partial charge in [-0.2, -0.15) is 0 Å². The quantitative estimate of drug-likeness (QED) is 0.764. The third-order valence-electron chi connectivity index (χ3n) is 5.39. The van der Waals surface area contributed by atoms with Crippen molar-refractivity contribution in [2.75, 3.05) is 45.8 Å².